The largest absolute Gasteiger partial charge is 0.477 e. The molecule has 1 N–H and O–H groups in total. The quantitative estimate of drug-likeness (QED) is 0.914. The maximum Gasteiger partial charge on any atom is 0.352 e. The zero-order valence-electron chi connectivity index (χ0n) is 10.6. The molecular formula is C15H14FNO2. The molecule has 2 aromatic rings. The average Bonchev–Trinajstić information content (AvgIpc) is 3.09. The highest BCUT2D eigenvalue weighted by Crippen LogP contribution is 2.41. The second kappa shape index (κ2) is 4.23. The average molecular weight is 259 g/mol. The van der Waals surface area contributed by atoms with Crippen LogP contribution in [-0.4, -0.2) is 15.6 Å². The van der Waals surface area contributed by atoms with E-state index in [0.717, 1.165) is 18.4 Å². The summed E-state index contributed by atoms with van der Waals surface area (Å²) in [7, 11) is 0. The third-order valence-electron chi connectivity index (χ3n) is 3.53. The Balaban J connectivity index is 2.23. The van der Waals surface area contributed by atoms with Crippen LogP contribution in [0.15, 0.2) is 30.3 Å². The van der Waals surface area contributed by atoms with Crippen molar-refractivity contribution in [1.29, 1.82) is 0 Å². The van der Waals surface area contributed by atoms with Gasteiger partial charge in [-0.25, -0.2) is 9.18 Å². The number of carbonyl (C=O) groups is 1. The lowest BCUT2D eigenvalue weighted by molar-refractivity contribution is 0.0685. The van der Waals surface area contributed by atoms with E-state index in [2.05, 4.69) is 0 Å². The highest BCUT2D eigenvalue weighted by Gasteiger charge is 2.30. The van der Waals surface area contributed by atoms with Gasteiger partial charge < -0.3 is 9.67 Å². The Morgan fingerprint density at radius 2 is 2.05 bits per heavy atom. The van der Waals surface area contributed by atoms with Crippen molar-refractivity contribution in [3.8, 4) is 11.3 Å². The number of halogens is 1. The molecule has 0 unspecified atom stereocenters. The van der Waals surface area contributed by atoms with Crippen LogP contribution < -0.4 is 0 Å². The summed E-state index contributed by atoms with van der Waals surface area (Å²) < 4.78 is 15.8. The first-order chi connectivity index (χ1) is 9.09. The Bertz CT molecular complexity index is 636. The molecule has 3 nitrogen and oxygen atoms in total. The van der Waals surface area contributed by atoms with Gasteiger partial charge in [-0.15, -0.1) is 0 Å². The van der Waals surface area contributed by atoms with Crippen LogP contribution in [0.4, 0.5) is 4.39 Å². The summed E-state index contributed by atoms with van der Waals surface area (Å²) in [5.41, 5.74) is 2.22. The molecule has 1 aromatic heterocycles. The van der Waals surface area contributed by atoms with Crippen molar-refractivity contribution in [1.82, 2.24) is 4.57 Å². The number of benzene rings is 1. The number of rotatable bonds is 3. The van der Waals surface area contributed by atoms with E-state index < -0.39 is 5.97 Å². The molecule has 1 heterocycles. The minimum atomic E-state index is -0.966. The number of carboxylic acids is 1. The Morgan fingerprint density at radius 3 is 2.63 bits per heavy atom. The Kier molecular flexibility index (Phi) is 2.66. The fraction of sp³-hybridized carbons (Fsp3) is 0.267. The minimum absolute atomic E-state index is 0.190. The second-order valence-electron chi connectivity index (χ2n) is 4.94. The molecule has 0 aliphatic heterocycles. The summed E-state index contributed by atoms with van der Waals surface area (Å²) in [6, 6.07) is 8.36. The molecule has 1 aliphatic rings. The number of hydrogen-bond acceptors (Lipinski definition) is 1. The van der Waals surface area contributed by atoms with Gasteiger partial charge in [0.15, 0.2) is 0 Å². The number of nitrogens with zero attached hydrogens (tertiary/aromatic N) is 1. The molecule has 98 valence electrons. The van der Waals surface area contributed by atoms with E-state index in [9.17, 15) is 14.3 Å². The van der Waals surface area contributed by atoms with Gasteiger partial charge in [-0.05, 0) is 43.5 Å². The maximum absolute atomic E-state index is 14.0. The third kappa shape index (κ3) is 1.93. The van der Waals surface area contributed by atoms with Crippen LogP contribution in [0, 0.1) is 12.7 Å². The molecule has 4 heteroatoms. The molecule has 0 amide bonds. The zero-order valence-corrected chi connectivity index (χ0v) is 10.6. The lowest BCUT2D eigenvalue weighted by Gasteiger charge is -2.13. The van der Waals surface area contributed by atoms with Gasteiger partial charge in [0.05, 0.1) is 5.69 Å². The number of aromatic carboxylic acids is 1. The van der Waals surface area contributed by atoms with Crippen molar-refractivity contribution < 1.29 is 14.3 Å². The van der Waals surface area contributed by atoms with Crippen LogP contribution in [0.2, 0.25) is 0 Å². The third-order valence-corrected chi connectivity index (χ3v) is 3.53. The fourth-order valence-corrected chi connectivity index (χ4v) is 2.51. The van der Waals surface area contributed by atoms with Crippen LogP contribution >= 0.6 is 0 Å². The molecule has 0 bridgehead atoms. The summed E-state index contributed by atoms with van der Waals surface area (Å²) in [4.78, 5) is 11.3. The predicted molar refractivity (Wildman–Crippen MR) is 69.8 cm³/mol. The monoisotopic (exact) mass is 259 g/mol. The highest BCUT2D eigenvalue weighted by atomic mass is 19.1. The summed E-state index contributed by atoms with van der Waals surface area (Å²) in [5, 5.41) is 9.23. The second-order valence-corrected chi connectivity index (χ2v) is 4.94. The van der Waals surface area contributed by atoms with Crippen LogP contribution in [0.5, 0.6) is 0 Å². The molecule has 1 aromatic carbocycles. The summed E-state index contributed by atoms with van der Waals surface area (Å²) in [6.07, 6.45) is 1.91. The molecular weight excluding hydrogens is 245 g/mol. The molecule has 0 radical (unpaired) electrons. The topological polar surface area (TPSA) is 42.2 Å². The normalized spacial score (nSPS) is 14.6. The molecule has 3 rings (SSSR count). The molecule has 0 atom stereocenters. The number of carboxylic acid groups (broad SMARTS) is 1. The van der Waals surface area contributed by atoms with Crippen LogP contribution in [0.3, 0.4) is 0 Å². The number of aromatic nitrogens is 1. The minimum Gasteiger partial charge on any atom is -0.477 e. The smallest absolute Gasteiger partial charge is 0.352 e. The first-order valence-electron chi connectivity index (χ1n) is 6.29. The van der Waals surface area contributed by atoms with Crippen LogP contribution in [0.1, 0.15) is 34.9 Å². The molecule has 0 spiro atoms. The van der Waals surface area contributed by atoms with E-state index in [0.29, 0.717) is 11.3 Å². The first-order valence-corrected chi connectivity index (χ1v) is 6.29. The summed E-state index contributed by atoms with van der Waals surface area (Å²) >= 11 is 0. The van der Waals surface area contributed by atoms with Gasteiger partial charge in [0.2, 0.25) is 0 Å². The molecule has 0 saturated heterocycles. The van der Waals surface area contributed by atoms with E-state index >= 15 is 0 Å². The molecule has 1 aliphatic carbocycles. The Labute approximate surface area is 110 Å². The van der Waals surface area contributed by atoms with Crippen molar-refractivity contribution >= 4 is 5.97 Å². The maximum atomic E-state index is 14.0. The molecule has 1 fully saturated rings. The SMILES string of the molecule is Cc1cccc(F)c1-c1ccc(C(=O)O)n1C1CC1. The Hall–Kier alpha value is -2.10. The van der Waals surface area contributed by atoms with Gasteiger partial charge in [-0.1, -0.05) is 12.1 Å². The summed E-state index contributed by atoms with van der Waals surface area (Å²) in [5.74, 6) is -1.27. The van der Waals surface area contributed by atoms with Crippen LogP contribution in [0.25, 0.3) is 11.3 Å². The van der Waals surface area contributed by atoms with Crippen molar-refractivity contribution in [3.05, 3.63) is 47.4 Å². The van der Waals surface area contributed by atoms with Gasteiger partial charge in [0.1, 0.15) is 11.5 Å². The van der Waals surface area contributed by atoms with Crippen LogP contribution in [-0.2, 0) is 0 Å². The standard InChI is InChI=1S/C15H14FNO2/c1-9-3-2-4-11(16)14(9)12-7-8-13(15(18)19)17(12)10-5-6-10/h2-4,7-8,10H,5-6H2,1H3,(H,18,19). The van der Waals surface area contributed by atoms with E-state index in [1.54, 1.807) is 22.8 Å². The Morgan fingerprint density at radius 1 is 1.32 bits per heavy atom. The van der Waals surface area contributed by atoms with Gasteiger partial charge >= 0.3 is 5.97 Å². The van der Waals surface area contributed by atoms with Crippen molar-refractivity contribution in [2.75, 3.05) is 0 Å². The number of hydrogen-bond donors (Lipinski definition) is 1. The molecule has 19 heavy (non-hydrogen) atoms. The highest BCUT2D eigenvalue weighted by molar-refractivity contribution is 5.88. The summed E-state index contributed by atoms with van der Waals surface area (Å²) in [6.45, 7) is 1.84. The zero-order chi connectivity index (χ0) is 13.6. The first kappa shape index (κ1) is 12.0. The van der Waals surface area contributed by atoms with E-state index in [-0.39, 0.29) is 17.6 Å². The van der Waals surface area contributed by atoms with E-state index in [1.165, 1.54) is 6.07 Å². The fourth-order valence-electron chi connectivity index (χ4n) is 2.51. The lowest BCUT2D eigenvalue weighted by atomic mass is 10.1. The van der Waals surface area contributed by atoms with Gasteiger partial charge in [0.25, 0.3) is 0 Å². The lowest BCUT2D eigenvalue weighted by Crippen LogP contribution is -2.09. The van der Waals surface area contributed by atoms with Crippen molar-refractivity contribution in [2.24, 2.45) is 0 Å². The van der Waals surface area contributed by atoms with Gasteiger partial charge in [0, 0.05) is 11.6 Å². The van der Waals surface area contributed by atoms with Gasteiger partial charge in [-0.3, -0.25) is 0 Å². The van der Waals surface area contributed by atoms with Crippen molar-refractivity contribution in [3.63, 3.8) is 0 Å². The van der Waals surface area contributed by atoms with E-state index in [1.807, 2.05) is 13.0 Å². The van der Waals surface area contributed by atoms with E-state index in [4.69, 9.17) is 0 Å². The van der Waals surface area contributed by atoms with Gasteiger partial charge in [-0.2, -0.15) is 0 Å². The predicted octanol–water partition coefficient (Wildman–Crippen LogP) is 3.64. The molecule has 1 saturated carbocycles. The number of aryl methyl sites for hydroxylation is 1. The van der Waals surface area contributed by atoms with Crippen molar-refractivity contribution in [2.45, 2.75) is 25.8 Å².